The van der Waals surface area contributed by atoms with Crippen LogP contribution < -0.4 is 0 Å². The predicted octanol–water partition coefficient (Wildman–Crippen LogP) is 1.25. The molecule has 0 spiro atoms. The lowest BCUT2D eigenvalue weighted by Crippen LogP contribution is -2.11. The Kier molecular flexibility index (Phi) is 2.54. The molecule has 1 atom stereocenters. The fourth-order valence-corrected chi connectivity index (χ4v) is 1.30. The third-order valence-electron chi connectivity index (χ3n) is 1.33. The van der Waals surface area contributed by atoms with Gasteiger partial charge in [0.25, 0.3) is 0 Å². The van der Waals surface area contributed by atoms with Crippen molar-refractivity contribution < 1.29 is 9.84 Å². The molecule has 0 aliphatic carbocycles. The zero-order valence-corrected chi connectivity index (χ0v) is 6.60. The molecule has 0 radical (unpaired) electrons. The van der Waals surface area contributed by atoms with Crippen molar-refractivity contribution in [3.63, 3.8) is 0 Å². The highest BCUT2D eigenvalue weighted by molar-refractivity contribution is 9.11. The van der Waals surface area contributed by atoms with Gasteiger partial charge < -0.3 is 9.84 Å². The van der Waals surface area contributed by atoms with E-state index >= 15 is 0 Å². The van der Waals surface area contributed by atoms with Crippen molar-refractivity contribution >= 4 is 15.9 Å². The summed E-state index contributed by atoms with van der Waals surface area (Å²) in [5, 5.41) is 8.69. The highest BCUT2D eigenvalue weighted by Gasteiger charge is 2.10. The maximum Gasteiger partial charge on any atom is 0.158 e. The molecule has 0 aromatic heterocycles. The van der Waals surface area contributed by atoms with Crippen molar-refractivity contribution in [1.82, 2.24) is 0 Å². The number of halogens is 1. The SMILES string of the molecule is OCC1C=C(Br)OCC1. The summed E-state index contributed by atoms with van der Waals surface area (Å²) in [6.07, 6.45) is 2.81. The van der Waals surface area contributed by atoms with E-state index in [9.17, 15) is 0 Å². The third-order valence-corrected chi connectivity index (χ3v) is 1.82. The van der Waals surface area contributed by atoms with Gasteiger partial charge in [-0.15, -0.1) is 0 Å². The van der Waals surface area contributed by atoms with Gasteiger partial charge in [0.1, 0.15) is 0 Å². The maximum absolute atomic E-state index is 8.69. The van der Waals surface area contributed by atoms with Crippen molar-refractivity contribution in [2.75, 3.05) is 13.2 Å². The lowest BCUT2D eigenvalue weighted by Gasteiger charge is -2.16. The minimum absolute atomic E-state index is 0.221. The number of hydrogen-bond donors (Lipinski definition) is 1. The van der Waals surface area contributed by atoms with E-state index in [0.717, 1.165) is 11.1 Å². The minimum Gasteiger partial charge on any atom is -0.487 e. The van der Waals surface area contributed by atoms with Gasteiger partial charge in [0.15, 0.2) is 4.67 Å². The van der Waals surface area contributed by atoms with E-state index in [1.807, 2.05) is 6.08 Å². The van der Waals surface area contributed by atoms with E-state index in [1.165, 1.54) is 0 Å². The van der Waals surface area contributed by atoms with Gasteiger partial charge in [-0.1, -0.05) is 0 Å². The topological polar surface area (TPSA) is 29.5 Å². The van der Waals surface area contributed by atoms with Crippen LogP contribution >= 0.6 is 15.9 Å². The van der Waals surface area contributed by atoms with Crippen LogP contribution in [0.5, 0.6) is 0 Å². The van der Waals surface area contributed by atoms with Gasteiger partial charge in [0.05, 0.1) is 6.61 Å². The Balaban J connectivity index is 2.47. The van der Waals surface area contributed by atoms with Crippen LogP contribution in [-0.4, -0.2) is 18.3 Å². The van der Waals surface area contributed by atoms with Gasteiger partial charge >= 0.3 is 0 Å². The van der Waals surface area contributed by atoms with Crippen molar-refractivity contribution in [2.45, 2.75) is 6.42 Å². The van der Waals surface area contributed by atoms with Crippen molar-refractivity contribution in [1.29, 1.82) is 0 Å². The molecule has 0 saturated heterocycles. The Morgan fingerprint density at radius 1 is 1.89 bits per heavy atom. The van der Waals surface area contributed by atoms with Crippen LogP contribution in [0.1, 0.15) is 6.42 Å². The Morgan fingerprint density at radius 2 is 2.67 bits per heavy atom. The average molecular weight is 193 g/mol. The fraction of sp³-hybridized carbons (Fsp3) is 0.667. The lowest BCUT2D eigenvalue weighted by molar-refractivity contribution is 0.163. The normalized spacial score (nSPS) is 26.9. The monoisotopic (exact) mass is 192 g/mol. The number of ether oxygens (including phenoxy) is 1. The molecule has 0 bridgehead atoms. The van der Waals surface area contributed by atoms with Gasteiger partial charge in [-0.3, -0.25) is 0 Å². The smallest absolute Gasteiger partial charge is 0.158 e. The van der Waals surface area contributed by atoms with E-state index in [4.69, 9.17) is 9.84 Å². The molecule has 0 aromatic carbocycles. The minimum atomic E-state index is 0.221. The molecule has 1 aliphatic rings. The second kappa shape index (κ2) is 3.22. The number of aliphatic hydroxyl groups is 1. The molecule has 52 valence electrons. The van der Waals surface area contributed by atoms with Crippen LogP contribution in [0.15, 0.2) is 10.7 Å². The highest BCUT2D eigenvalue weighted by atomic mass is 79.9. The van der Waals surface area contributed by atoms with E-state index in [2.05, 4.69) is 15.9 Å². The van der Waals surface area contributed by atoms with Crippen molar-refractivity contribution in [2.24, 2.45) is 5.92 Å². The van der Waals surface area contributed by atoms with Crippen molar-refractivity contribution in [3.8, 4) is 0 Å². The zero-order chi connectivity index (χ0) is 6.69. The molecular weight excluding hydrogens is 184 g/mol. The van der Waals surface area contributed by atoms with Crippen LogP contribution in [0.25, 0.3) is 0 Å². The highest BCUT2D eigenvalue weighted by Crippen LogP contribution is 2.19. The first-order chi connectivity index (χ1) is 4.33. The first kappa shape index (κ1) is 7.09. The molecule has 1 heterocycles. The molecule has 2 nitrogen and oxygen atoms in total. The number of hydrogen-bond acceptors (Lipinski definition) is 2. The molecular formula is C6H9BrO2. The quantitative estimate of drug-likeness (QED) is 0.679. The van der Waals surface area contributed by atoms with E-state index in [1.54, 1.807) is 0 Å². The molecule has 9 heavy (non-hydrogen) atoms. The van der Waals surface area contributed by atoms with Crippen LogP contribution in [-0.2, 0) is 4.74 Å². The van der Waals surface area contributed by atoms with Gasteiger partial charge in [-0.25, -0.2) is 0 Å². The predicted molar refractivity (Wildman–Crippen MR) is 38.2 cm³/mol. The molecule has 3 heteroatoms. The molecule has 1 aliphatic heterocycles. The molecule has 1 N–H and O–H groups in total. The Bertz CT molecular complexity index is 122. The number of rotatable bonds is 1. The van der Waals surface area contributed by atoms with Crippen LogP contribution in [0.2, 0.25) is 0 Å². The molecule has 1 rings (SSSR count). The molecule has 0 fully saturated rings. The first-order valence-electron chi connectivity index (χ1n) is 2.94. The Hall–Kier alpha value is -0.0200. The second-order valence-electron chi connectivity index (χ2n) is 2.05. The molecule has 1 unspecified atom stereocenters. The van der Waals surface area contributed by atoms with Gasteiger partial charge in [-0.05, 0) is 28.4 Å². The van der Waals surface area contributed by atoms with Gasteiger partial charge in [-0.2, -0.15) is 0 Å². The Morgan fingerprint density at radius 3 is 3.11 bits per heavy atom. The summed E-state index contributed by atoms with van der Waals surface area (Å²) in [4.78, 5) is 0. The Labute approximate surface area is 62.6 Å². The number of aliphatic hydroxyl groups excluding tert-OH is 1. The lowest BCUT2D eigenvalue weighted by atomic mass is 10.1. The van der Waals surface area contributed by atoms with Crippen LogP contribution in [0, 0.1) is 5.92 Å². The fourth-order valence-electron chi connectivity index (χ4n) is 0.769. The standard InChI is InChI=1S/C6H9BrO2/c7-6-3-5(4-8)1-2-9-6/h3,5,8H,1-2,4H2. The average Bonchev–Trinajstić information content (AvgIpc) is 1.88. The summed E-state index contributed by atoms with van der Waals surface area (Å²) in [7, 11) is 0. The summed E-state index contributed by atoms with van der Waals surface area (Å²) in [6, 6.07) is 0. The zero-order valence-electron chi connectivity index (χ0n) is 5.01. The van der Waals surface area contributed by atoms with Crippen LogP contribution in [0.3, 0.4) is 0 Å². The van der Waals surface area contributed by atoms with E-state index in [0.29, 0.717) is 6.61 Å². The van der Waals surface area contributed by atoms with E-state index < -0.39 is 0 Å². The second-order valence-corrected chi connectivity index (χ2v) is 2.83. The van der Waals surface area contributed by atoms with E-state index in [-0.39, 0.29) is 12.5 Å². The summed E-state index contributed by atoms with van der Waals surface area (Å²) < 4.78 is 5.83. The summed E-state index contributed by atoms with van der Waals surface area (Å²) in [6.45, 7) is 0.931. The summed E-state index contributed by atoms with van der Waals surface area (Å²) in [5.74, 6) is 0.285. The maximum atomic E-state index is 8.69. The summed E-state index contributed by atoms with van der Waals surface area (Å²) in [5.41, 5.74) is 0. The largest absolute Gasteiger partial charge is 0.487 e. The molecule has 0 aromatic rings. The van der Waals surface area contributed by atoms with Gasteiger partial charge in [0.2, 0.25) is 0 Å². The molecule has 0 saturated carbocycles. The first-order valence-corrected chi connectivity index (χ1v) is 3.73. The summed E-state index contributed by atoms with van der Waals surface area (Å²) >= 11 is 3.20. The molecule has 0 amide bonds. The third kappa shape index (κ3) is 1.99. The van der Waals surface area contributed by atoms with Gasteiger partial charge in [0, 0.05) is 12.5 Å². The van der Waals surface area contributed by atoms with Crippen LogP contribution in [0.4, 0.5) is 0 Å². The van der Waals surface area contributed by atoms with Crippen molar-refractivity contribution in [3.05, 3.63) is 10.7 Å².